The first-order valence-corrected chi connectivity index (χ1v) is 9.36. The molecule has 0 aromatic heterocycles. The van der Waals surface area contributed by atoms with Crippen molar-refractivity contribution in [3.63, 3.8) is 0 Å². The summed E-state index contributed by atoms with van der Waals surface area (Å²) in [6.45, 7) is 4.06. The predicted molar refractivity (Wildman–Crippen MR) is 99.9 cm³/mol. The summed E-state index contributed by atoms with van der Waals surface area (Å²) < 4.78 is 0. The number of nitrogens with one attached hydrogen (secondary N) is 2. The van der Waals surface area contributed by atoms with Crippen molar-refractivity contribution in [2.24, 2.45) is 4.99 Å². The molecule has 1 saturated carbocycles. The number of nitrogens with zero attached hydrogens (tertiary/aromatic N) is 3. The number of rotatable bonds is 4. The molecule has 3 aliphatic rings. The summed E-state index contributed by atoms with van der Waals surface area (Å²) >= 11 is 0. The molecule has 0 spiro atoms. The van der Waals surface area contributed by atoms with Gasteiger partial charge in [0.25, 0.3) is 11.8 Å². The van der Waals surface area contributed by atoms with Gasteiger partial charge in [0.2, 0.25) is 5.84 Å². The van der Waals surface area contributed by atoms with E-state index in [2.05, 4.69) is 20.6 Å². The molecule has 7 nitrogen and oxygen atoms in total. The number of benzene rings is 1. The van der Waals surface area contributed by atoms with Gasteiger partial charge >= 0.3 is 0 Å². The van der Waals surface area contributed by atoms with Gasteiger partial charge in [-0.1, -0.05) is 17.7 Å². The smallest absolute Gasteiger partial charge is 0.288 e. The molecule has 1 aromatic carbocycles. The van der Waals surface area contributed by atoms with E-state index in [0.29, 0.717) is 5.69 Å². The largest absolute Gasteiger partial charge is 0.347 e. The van der Waals surface area contributed by atoms with E-state index in [9.17, 15) is 9.59 Å². The molecule has 0 unspecified atom stereocenters. The zero-order valence-corrected chi connectivity index (χ0v) is 15.1. The zero-order chi connectivity index (χ0) is 18.1. The highest BCUT2D eigenvalue weighted by molar-refractivity contribution is 6.39. The molecule has 2 aliphatic heterocycles. The third kappa shape index (κ3) is 3.72. The molecule has 2 heterocycles. The van der Waals surface area contributed by atoms with E-state index in [4.69, 9.17) is 0 Å². The Morgan fingerprint density at radius 1 is 1.15 bits per heavy atom. The third-order valence-electron chi connectivity index (χ3n) is 5.27. The molecular formula is C19H25N5O2. The second-order valence-corrected chi connectivity index (χ2v) is 7.36. The summed E-state index contributed by atoms with van der Waals surface area (Å²) in [6, 6.07) is 8.54. The van der Waals surface area contributed by atoms with Crippen LogP contribution in [-0.4, -0.2) is 54.3 Å². The van der Waals surface area contributed by atoms with Crippen LogP contribution < -0.4 is 15.8 Å². The first kappa shape index (κ1) is 17.0. The Balaban J connectivity index is 1.35. The van der Waals surface area contributed by atoms with Crippen LogP contribution >= 0.6 is 0 Å². The van der Waals surface area contributed by atoms with E-state index < -0.39 is 0 Å². The van der Waals surface area contributed by atoms with Gasteiger partial charge in [0.1, 0.15) is 6.54 Å². The van der Waals surface area contributed by atoms with Gasteiger partial charge in [0.05, 0.1) is 5.69 Å². The molecule has 0 atom stereocenters. The van der Waals surface area contributed by atoms with Crippen molar-refractivity contribution in [2.75, 3.05) is 24.6 Å². The zero-order valence-electron chi connectivity index (χ0n) is 15.1. The lowest BCUT2D eigenvalue weighted by molar-refractivity contribution is -0.118. The summed E-state index contributed by atoms with van der Waals surface area (Å²) in [7, 11) is 0. The van der Waals surface area contributed by atoms with Crippen molar-refractivity contribution in [2.45, 2.75) is 44.7 Å². The second-order valence-electron chi connectivity index (χ2n) is 7.36. The molecule has 0 radical (unpaired) electrons. The van der Waals surface area contributed by atoms with Gasteiger partial charge in [0, 0.05) is 25.2 Å². The van der Waals surface area contributed by atoms with Crippen LogP contribution in [0.1, 0.15) is 31.2 Å². The summed E-state index contributed by atoms with van der Waals surface area (Å²) in [5.74, 6) is -0.211. The SMILES string of the molecule is Cc1ccc(N2NC(C(=O)NC3CCN(C4CC4)CC3)=NCC2=O)cc1. The van der Waals surface area contributed by atoms with E-state index in [1.165, 1.54) is 17.9 Å². The van der Waals surface area contributed by atoms with Gasteiger partial charge in [-0.25, -0.2) is 5.01 Å². The average molecular weight is 355 g/mol. The van der Waals surface area contributed by atoms with Gasteiger partial charge in [-0.05, 0) is 44.7 Å². The maximum atomic E-state index is 12.6. The van der Waals surface area contributed by atoms with Crippen LogP contribution in [0.25, 0.3) is 0 Å². The number of carbonyl (C=O) groups is 2. The van der Waals surface area contributed by atoms with Crippen molar-refractivity contribution < 1.29 is 9.59 Å². The van der Waals surface area contributed by atoms with E-state index >= 15 is 0 Å². The summed E-state index contributed by atoms with van der Waals surface area (Å²) in [5, 5.41) is 4.47. The van der Waals surface area contributed by atoms with Crippen LogP contribution in [0.5, 0.6) is 0 Å². The molecule has 26 heavy (non-hydrogen) atoms. The molecular weight excluding hydrogens is 330 g/mol. The number of amides is 2. The number of likely N-dealkylation sites (tertiary alicyclic amines) is 1. The number of aryl methyl sites for hydroxylation is 1. The Labute approximate surface area is 153 Å². The van der Waals surface area contributed by atoms with E-state index in [1.807, 2.05) is 31.2 Å². The topological polar surface area (TPSA) is 77.0 Å². The summed E-state index contributed by atoms with van der Waals surface area (Å²) in [4.78, 5) is 31.4. The highest BCUT2D eigenvalue weighted by Gasteiger charge is 2.33. The summed E-state index contributed by atoms with van der Waals surface area (Å²) in [6.07, 6.45) is 4.58. The lowest BCUT2D eigenvalue weighted by Crippen LogP contribution is -2.57. The molecule has 1 aromatic rings. The fraction of sp³-hybridized carbons (Fsp3) is 0.526. The number of hydrazine groups is 1. The van der Waals surface area contributed by atoms with Gasteiger partial charge in [-0.3, -0.25) is 20.0 Å². The second kappa shape index (κ2) is 7.07. The summed E-state index contributed by atoms with van der Waals surface area (Å²) in [5.41, 5.74) is 4.70. The van der Waals surface area contributed by atoms with Crippen LogP contribution in [0, 0.1) is 6.92 Å². The van der Waals surface area contributed by atoms with E-state index in [-0.39, 0.29) is 30.2 Å². The monoisotopic (exact) mass is 355 g/mol. The van der Waals surface area contributed by atoms with Crippen molar-refractivity contribution >= 4 is 23.3 Å². The predicted octanol–water partition coefficient (Wildman–Crippen LogP) is 0.988. The number of carbonyl (C=O) groups excluding carboxylic acids is 2. The maximum Gasteiger partial charge on any atom is 0.288 e. The normalized spacial score (nSPS) is 22.0. The lowest BCUT2D eigenvalue weighted by Gasteiger charge is -2.33. The molecule has 2 fully saturated rings. The number of anilines is 1. The van der Waals surface area contributed by atoms with Gasteiger partial charge < -0.3 is 10.2 Å². The Morgan fingerprint density at radius 2 is 1.85 bits per heavy atom. The Bertz CT molecular complexity index is 718. The van der Waals surface area contributed by atoms with Crippen LogP contribution in [0.2, 0.25) is 0 Å². The van der Waals surface area contributed by atoms with Crippen LogP contribution in [0.4, 0.5) is 5.69 Å². The van der Waals surface area contributed by atoms with E-state index in [0.717, 1.165) is 37.5 Å². The fourth-order valence-corrected chi connectivity index (χ4v) is 3.55. The number of hydrogen-bond acceptors (Lipinski definition) is 5. The highest BCUT2D eigenvalue weighted by Crippen LogP contribution is 2.29. The Kier molecular flexibility index (Phi) is 4.63. The van der Waals surface area contributed by atoms with Crippen molar-refractivity contribution in [3.05, 3.63) is 29.8 Å². The highest BCUT2D eigenvalue weighted by atomic mass is 16.2. The molecule has 138 valence electrons. The average Bonchev–Trinajstić information content (AvgIpc) is 3.49. The number of hydrogen-bond donors (Lipinski definition) is 2. The molecule has 1 saturated heterocycles. The minimum absolute atomic E-state index is 0.0241. The molecule has 0 bridgehead atoms. The first-order valence-electron chi connectivity index (χ1n) is 9.36. The van der Waals surface area contributed by atoms with Crippen LogP contribution in [0.3, 0.4) is 0 Å². The Hall–Kier alpha value is -2.41. The lowest BCUT2D eigenvalue weighted by atomic mass is 10.0. The molecule has 7 heteroatoms. The maximum absolute atomic E-state index is 12.6. The minimum Gasteiger partial charge on any atom is -0.347 e. The molecule has 1 aliphatic carbocycles. The van der Waals surface area contributed by atoms with Crippen LogP contribution in [-0.2, 0) is 9.59 Å². The molecule has 4 rings (SSSR count). The minimum atomic E-state index is -0.237. The number of aliphatic imine (C=N–C) groups is 1. The van der Waals surface area contributed by atoms with Crippen molar-refractivity contribution in [3.8, 4) is 0 Å². The van der Waals surface area contributed by atoms with Gasteiger partial charge in [-0.2, -0.15) is 0 Å². The first-order chi connectivity index (χ1) is 12.6. The van der Waals surface area contributed by atoms with Crippen LogP contribution in [0.15, 0.2) is 29.3 Å². The van der Waals surface area contributed by atoms with Gasteiger partial charge in [-0.15, -0.1) is 0 Å². The fourth-order valence-electron chi connectivity index (χ4n) is 3.55. The molecule has 2 N–H and O–H groups in total. The quantitative estimate of drug-likeness (QED) is 0.844. The molecule has 2 amide bonds. The van der Waals surface area contributed by atoms with Gasteiger partial charge in [0.15, 0.2) is 0 Å². The third-order valence-corrected chi connectivity index (χ3v) is 5.27. The van der Waals surface area contributed by atoms with E-state index in [1.54, 1.807) is 0 Å². The van der Waals surface area contributed by atoms with Crippen molar-refractivity contribution in [1.29, 1.82) is 0 Å². The number of amidine groups is 1. The van der Waals surface area contributed by atoms with Crippen molar-refractivity contribution in [1.82, 2.24) is 15.6 Å². The number of piperidine rings is 1. The standard InChI is InChI=1S/C19H25N5O2/c1-13-2-4-16(5-3-13)24-17(25)12-20-18(22-24)19(26)21-14-8-10-23(11-9-14)15-6-7-15/h2-5,14-15H,6-12H2,1H3,(H,20,22)(H,21,26). The Morgan fingerprint density at radius 3 is 2.50 bits per heavy atom.